The van der Waals surface area contributed by atoms with Crippen LogP contribution in [0.25, 0.3) is 0 Å². The van der Waals surface area contributed by atoms with Crippen molar-refractivity contribution in [2.45, 2.75) is 97.7 Å². The molecule has 4 fully saturated rings. The molecule has 3 unspecified atom stereocenters. The second-order valence-corrected chi connectivity index (χ2v) is 13.2. The molecule has 32 heavy (non-hydrogen) atoms. The maximum Gasteiger partial charge on any atom is 0.397 e. The monoisotopic (exact) mass is 472 g/mol. The van der Waals surface area contributed by atoms with Crippen LogP contribution in [-0.2, 0) is 14.6 Å². The Kier molecular flexibility index (Phi) is 6.83. The predicted molar refractivity (Wildman–Crippen MR) is 123 cm³/mol. The first-order chi connectivity index (χ1) is 14.9. The molecule has 4 rings (SSSR count). The normalized spacial score (nSPS) is 49.7. The van der Waals surface area contributed by atoms with Crippen molar-refractivity contribution in [2.24, 2.45) is 52.3 Å². The summed E-state index contributed by atoms with van der Waals surface area (Å²) in [5.41, 5.74) is 0.355. The molecule has 0 saturated heterocycles. The molecule has 3 N–H and O–H groups in total. The molecule has 0 amide bonds. The molecule has 0 bridgehead atoms. The Morgan fingerprint density at radius 1 is 1.00 bits per heavy atom. The highest BCUT2D eigenvalue weighted by Gasteiger charge is 2.64. The number of hydrogen-bond acceptors (Lipinski definition) is 5. The van der Waals surface area contributed by atoms with Gasteiger partial charge in [0, 0.05) is 0 Å². The van der Waals surface area contributed by atoms with Crippen molar-refractivity contribution in [1.82, 2.24) is 0 Å². The summed E-state index contributed by atoms with van der Waals surface area (Å²) in [5, 5.41) is 22.1. The Morgan fingerprint density at radius 2 is 1.66 bits per heavy atom. The van der Waals surface area contributed by atoms with E-state index >= 15 is 0 Å². The number of hydrogen-bond donors (Lipinski definition) is 3. The summed E-state index contributed by atoms with van der Waals surface area (Å²) < 4.78 is 35.4. The van der Waals surface area contributed by atoms with E-state index in [0.717, 1.165) is 51.4 Å². The van der Waals surface area contributed by atoms with Crippen LogP contribution in [0.4, 0.5) is 0 Å². The van der Waals surface area contributed by atoms with Crippen molar-refractivity contribution < 1.29 is 27.4 Å². The van der Waals surface area contributed by atoms with E-state index in [1.807, 2.05) is 0 Å². The van der Waals surface area contributed by atoms with Gasteiger partial charge in [0.1, 0.15) is 0 Å². The average molecular weight is 473 g/mol. The summed E-state index contributed by atoms with van der Waals surface area (Å²) in [4.78, 5) is 0. The Morgan fingerprint density at radius 3 is 2.31 bits per heavy atom. The Labute approximate surface area is 194 Å². The summed E-state index contributed by atoms with van der Waals surface area (Å²) in [7, 11) is -4.39. The topological polar surface area (TPSA) is 104 Å². The molecule has 0 aromatic carbocycles. The second kappa shape index (κ2) is 8.78. The van der Waals surface area contributed by atoms with Gasteiger partial charge in [0.15, 0.2) is 0 Å². The maximum atomic E-state index is 11.7. The first-order valence-electron chi connectivity index (χ1n) is 12.9. The van der Waals surface area contributed by atoms with Gasteiger partial charge in [-0.25, -0.2) is 4.18 Å². The fourth-order valence-electron chi connectivity index (χ4n) is 9.47. The van der Waals surface area contributed by atoms with Crippen molar-refractivity contribution in [3.8, 4) is 0 Å². The molecule has 4 saturated carbocycles. The third-order valence-electron chi connectivity index (χ3n) is 11.0. The molecule has 6 nitrogen and oxygen atoms in total. The van der Waals surface area contributed by atoms with Gasteiger partial charge in [0.25, 0.3) is 0 Å². The first kappa shape index (κ1) is 24.9. The van der Waals surface area contributed by atoms with E-state index in [-0.39, 0.29) is 35.6 Å². The number of rotatable bonds is 6. The van der Waals surface area contributed by atoms with Gasteiger partial charge in [-0.2, -0.15) is 8.42 Å². The highest BCUT2D eigenvalue weighted by atomic mass is 32.3. The number of aliphatic hydroxyl groups is 2. The Bertz CT molecular complexity index is 785. The van der Waals surface area contributed by atoms with Gasteiger partial charge >= 0.3 is 10.4 Å². The second-order valence-electron chi connectivity index (χ2n) is 12.1. The molecular formula is C25H44O6S. The van der Waals surface area contributed by atoms with Crippen LogP contribution in [0.5, 0.6) is 0 Å². The quantitative estimate of drug-likeness (QED) is 0.493. The van der Waals surface area contributed by atoms with Crippen molar-refractivity contribution in [3.05, 3.63) is 0 Å². The molecule has 4 aliphatic rings. The summed E-state index contributed by atoms with van der Waals surface area (Å²) in [6.45, 7) is 9.28. The van der Waals surface area contributed by atoms with Crippen molar-refractivity contribution >= 4 is 10.4 Å². The highest BCUT2D eigenvalue weighted by molar-refractivity contribution is 7.80. The summed E-state index contributed by atoms with van der Waals surface area (Å²) in [5.74, 6) is 2.78. The minimum absolute atomic E-state index is 0.0198. The molecule has 0 radical (unpaired) electrons. The third-order valence-corrected chi connectivity index (χ3v) is 11.4. The minimum Gasteiger partial charge on any atom is -0.393 e. The van der Waals surface area contributed by atoms with Crippen molar-refractivity contribution in [3.63, 3.8) is 0 Å². The lowest BCUT2D eigenvalue weighted by atomic mass is 9.41. The first-order valence-corrected chi connectivity index (χ1v) is 14.3. The van der Waals surface area contributed by atoms with Gasteiger partial charge < -0.3 is 10.2 Å². The van der Waals surface area contributed by atoms with Gasteiger partial charge in [-0.05, 0) is 104 Å². The van der Waals surface area contributed by atoms with Crippen LogP contribution in [0.2, 0.25) is 0 Å². The fraction of sp³-hybridized carbons (Fsp3) is 1.00. The lowest BCUT2D eigenvalue weighted by molar-refractivity contribution is -0.203. The molecule has 0 aliphatic heterocycles. The van der Waals surface area contributed by atoms with Crippen molar-refractivity contribution in [1.29, 1.82) is 0 Å². The van der Waals surface area contributed by atoms with Crippen LogP contribution < -0.4 is 0 Å². The number of aliphatic hydroxyl groups excluding tert-OH is 2. The van der Waals surface area contributed by atoms with Gasteiger partial charge in [-0.15, -0.1) is 0 Å². The van der Waals surface area contributed by atoms with Crippen LogP contribution in [0.1, 0.15) is 85.5 Å². The van der Waals surface area contributed by atoms with E-state index in [1.54, 1.807) is 0 Å². The number of fused-ring (bicyclic) bond motifs is 5. The largest absolute Gasteiger partial charge is 0.397 e. The molecule has 4 aliphatic carbocycles. The predicted octanol–water partition coefficient (Wildman–Crippen LogP) is 4.46. The van der Waals surface area contributed by atoms with Crippen LogP contribution in [0.15, 0.2) is 0 Å². The molecule has 11 atom stereocenters. The zero-order valence-corrected chi connectivity index (χ0v) is 21.1. The molecular weight excluding hydrogens is 428 g/mol. The summed E-state index contributed by atoms with van der Waals surface area (Å²) >= 11 is 0. The van der Waals surface area contributed by atoms with E-state index < -0.39 is 10.4 Å². The molecule has 186 valence electrons. The molecule has 0 aromatic rings. The summed E-state index contributed by atoms with van der Waals surface area (Å²) in [6, 6.07) is 0. The molecule has 7 heteroatoms. The Hall–Kier alpha value is -0.210. The summed E-state index contributed by atoms with van der Waals surface area (Å²) in [6.07, 6.45) is 8.38. The lowest BCUT2D eigenvalue weighted by Gasteiger charge is -2.64. The molecule has 0 spiro atoms. The van der Waals surface area contributed by atoms with Crippen LogP contribution in [0.3, 0.4) is 0 Å². The smallest absolute Gasteiger partial charge is 0.393 e. The van der Waals surface area contributed by atoms with Gasteiger partial charge in [0.2, 0.25) is 0 Å². The zero-order chi connectivity index (χ0) is 23.5. The van der Waals surface area contributed by atoms with Gasteiger partial charge in [0.05, 0.1) is 18.8 Å². The third kappa shape index (κ3) is 4.08. The van der Waals surface area contributed by atoms with E-state index in [2.05, 4.69) is 31.9 Å². The fourth-order valence-corrected chi connectivity index (χ4v) is 9.78. The Balaban J connectivity index is 1.56. The van der Waals surface area contributed by atoms with Gasteiger partial charge in [-0.1, -0.05) is 34.1 Å². The molecule has 0 heterocycles. The van der Waals surface area contributed by atoms with Crippen LogP contribution in [-0.4, -0.2) is 42.0 Å². The minimum atomic E-state index is -4.39. The van der Waals surface area contributed by atoms with E-state index in [4.69, 9.17) is 4.55 Å². The van der Waals surface area contributed by atoms with Crippen LogP contribution in [0, 0.1) is 52.3 Å². The zero-order valence-electron chi connectivity index (χ0n) is 20.2. The van der Waals surface area contributed by atoms with E-state index in [9.17, 15) is 18.6 Å². The lowest BCUT2D eigenvalue weighted by Crippen LogP contribution is -2.62. The van der Waals surface area contributed by atoms with Crippen molar-refractivity contribution in [2.75, 3.05) is 6.61 Å². The highest BCUT2D eigenvalue weighted by Crippen LogP contribution is 2.69. The average Bonchev–Trinajstić information content (AvgIpc) is 3.06. The van der Waals surface area contributed by atoms with E-state index in [0.29, 0.717) is 41.9 Å². The molecule has 0 aromatic heterocycles. The maximum absolute atomic E-state index is 11.7. The SMILES string of the molecule is CC[C@H]1[C@@H](O)C2C3CC[C@H]([C@H](C)CCOS(=O)(=O)O)[C@@]3(C)CCC2[C@@]2(C)CC[C@@H](O)C[C@@H]12. The van der Waals surface area contributed by atoms with Gasteiger partial charge in [-0.3, -0.25) is 4.55 Å². The van der Waals surface area contributed by atoms with Crippen LogP contribution >= 0.6 is 0 Å². The standard InChI is InChI=1S/C25H44O6S/c1-5-17-21-14-16(26)8-11-25(21,4)20-9-12-24(3)18(6-7-19(24)22(20)23(17)27)15(2)10-13-31-32(28,29)30/h15-23,26-27H,5-14H2,1-4H3,(H,28,29,30)/t15-,16-,17-,18-,19?,20?,21+,22?,23-,24-,25-/m1/s1. The van der Waals surface area contributed by atoms with E-state index in [1.165, 1.54) is 0 Å².